The van der Waals surface area contributed by atoms with E-state index >= 15 is 0 Å². The molecule has 0 aliphatic carbocycles. The summed E-state index contributed by atoms with van der Waals surface area (Å²) in [6.07, 6.45) is 0. The van der Waals surface area contributed by atoms with Crippen molar-refractivity contribution in [1.82, 2.24) is 9.80 Å². The zero-order valence-corrected chi connectivity index (χ0v) is 17.6. The van der Waals surface area contributed by atoms with Crippen LogP contribution in [0.15, 0.2) is 53.4 Å². The fourth-order valence-corrected chi connectivity index (χ4v) is 4.35. The SMILES string of the molecule is CCOc1ccc(NS(=O)(=O)c2cccc(C(=O)N3CCN(CC)CC3)c2)cc1. The summed E-state index contributed by atoms with van der Waals surface area (Å²) in [5.74, 6) is 0.532. The molecular formula is C21H27N3O4S. The van der Waals surface area contributed by atoms with Gasteiger partial charge in [0.25, 0.3) is 15.9 Å². The van der Waals surface area contributed by atoms with Gasteiger partial charge >= 0.3 is 0 Å². The molecule has 0 atom stereocenters. The first-order valence-corrected chi connectivity index (χ1v) is 11.3. The van der Waals surface area contributed by atoms with E-state index in [9.17, 15) is 13.2 Å². The lowest BCUT2D eigenvalue weighted by atomic mass is 10.2. The molecule has 1 amide bonds. The zero-order chi connectivity index (χ0) is 20.9. The van der Waals surface area contributed by atoms with Crippen molar-refractivity contribution in [2.75, 3.05) is 44.1 Å². The number of sulfonamides is 1. The Morgan fingerprint density at radius 1 is 1.03 bits per heavy atom. The molecule has 7 nitrogen and oxygen atoms in total. The van der Waals surface area contributed by atoms with Gasteiger partial charge in [0.1, 0.15) is 5.75 Å². The Morgan fingerprint density at radius 2 is 1.72 bits per heavy atom. The topological polar surface area (TPSA) is 78.9 Å². The summed E-state index contributed by atoms with van der Waals surface area (Å²) in [6.45, 7) is 8.45. The third-order valence-corrected chi connectivity index (χ3v) is 6.29. The molecule has 2 aromatic carbocycles. The van der Waals surface area contributed by atoms with Gasteiger partial charge in [-0.1, -0.05) is 13.0 Å². The molecule has 2 aromatic rings. The second-order valence-electron chi connectivity index (χ2n) is 6.82. The van der Waals surface area contributed by atoms with E-state index in [1.807, 2.05) is 6.92 Å². The van der Waals surface area contributed by atoms with Crippen LogP contribution in [0.5, 0.6) is 5.75 Å². The van der Waals surface area contributed by atoms with Crippen molar-refractivity contribution in [3.8, 4) is 5.75 Å². The lowest BCUT2D eigenvalue weighted by Crippen LogP contribution is -2.48. The van der Waals surface area contributed by atoms with Crippen LogP contribution in [0, 0.1) is 0 Å². The molecule has 1 N–H and O–H groups in total. The molecular weight excluding hydrogens is 390 g/mol. The highest BCUT2D eigenvalue weighted by Gasteiger charge is 2.23. The predicted molar refractivity (Wildman–Crippen MR) is 113 cm³/mol. The third-order valence-electron chi connectivity index (χ3n) is 4.92. The molecule has 0 saturated carbocycles. The Morgan fingerprint density at radius 3 is 2.34 bits per heavy atom. The van der Waals surface area contributed by atoms with Crippen molar-refractivity contribution in [2.45, 2.75) is 18.7 Å². The summed E-state index contributed by atoms with van der Waals surface area (Å²) >= 11 is 0. The lowest BCUT2D eigenvalue weighted by Gasteiger charge is -2.34. The van der Waals surface area contributed by atoms with E-state index in [4.69, 9.17) is 4.74 Å². The smallest absolute Gasteiger partial charge is 0.261 e. The van der Waals surface area contributed by atoms with E-state index in [0.717, 1.165) is 19.6 Å². The molecule has 29 heavy (non-hydrogen) atoms. The first-order valence-electron chi connectivity index (χ1n) is 9.80. The van der Waals surface area contributed by atoms with Gasteiger partial charge in [0.05, 0.1) is 11.5 Å². The normalized spacial score (nSPS) is 15.2. The minimum Gasteiger partial charge on any atom is -0.494 e. The molecule has 1 heterocycles. The fraction of sp³-hybridized carbons (Fsp3) is 0.381. The molecule has 0 bridgehead atoms. The Bertz CT molecular complexity index is 937. The summed E-state index contributed by atoms with van der Waals surface area (Å²) in [5, 5.41) is 0. The van der Waals surface area contributed by atoms with Gasteiger partial charge in [-0.25, -0.2) is 8.42 Å². The number of piperazine rings is 1. The largest absolute Gasteiger partial charge is 0.494 e. The highest BCUT2D eigenvalue weighted by molar-refractivity contribution is 7.92. The number of amides is 1. The number of nitrogens with one attached hydrogen (secondary N) is 1. The van der Waals surface area contributed by atoms with E-state index in [2.05, 4.69) is 16.5 Å². The average molecular weight is 418 g/mol. The lowest BCUT2D eigenvalue weighted by molar-refractivity contribution is 0.0643. The van der Waals surface area contributed by atoms with Gasteiger partial charge in [-0.2, -0.15) is 0 Å². The van der Waals surface area contributed by atoms with Gasteiger partial charge in [0, 0.05) is 37.4 Å². The number of benzene rings is 2. The Hall–Kier alpha value is -2.58. The molecule has 0 aromatic heterocycles. The predicted octanol–water partition coefficient (Wildman–Crippen LogP) is 2.66. The number of ether oxygens (including phenoxy) is 1. The van der Waals surface area contributed by atoms with E-state index in [0.29, 0.717) is 36.7 Å². The standard InChI is InChI=1S/C21H27N3O4S/c1-3-23-12-14-24(15-13-23)21(25)17-6-5-7-20(16-17)29(26,27)22-18-8-10-19(11-9-18)28-4-2/h5-11,16,22H,3-4,12-15H2,1-2H3. The van der Waals surface area contributed by atoms with Gasteiger partial charge in [-0.15, -0.1) is 0 Å². The van der Waals surface area contributed by atoms with Gasteiger partial charge < -0.3 is 14.5 Å². The first-order chi connectivity index (χ1) is 13.9. The Labute approximate surface area is 172 Å². The van der Waals surface area contributed by atoms with Crippen LogP contribution < -0.4 is 9.46 Å². The maximum atomic E-state index is 12.8. The van der Waals surface area contributed by atoms with Crippen molar-refractivity contribution < 1.29 is 17.9 Å². The molecule has 1 aliphatic heterocycles. The van der Waals surface area contributed by atoms with Crippen LogP contribution in [-0.4, -0.2) is 63.5 Å². The number of carbonyl (C=O) groups excluding carboxylic acids is 1. The van der Waals surface area contributed by atoms with E-state index in [1.165, 1.54) is 12.1 Å². The number of rotatable bonds is 7. The number of carbonyl (C=O) groups is 1. The van der Waals surface area contributed by atoms with E-state index in [1.54, 1.807) is 41.3 Å². The summed E-state index contributed by atoms with van der Waals surface area (Å²) in [7, 11) is -3.81. The number of likely N-dealkylation sites (N-methyl/N-ethyl adjacent to an activating group) is 1. The van der Waals surface area contributed by atoms with Crippen LogP contribution in [-0.2, 0) is 10.0 Å². The van der Waals surface area contributed by atoms with Crippen LogP contribution in [0.3, 0.4) is 0 Å². The summed E-state index contributed by atoms with van der Waals surface area (Å²) in [4.78, 5) is 16.9. The van der Waals surface area contributed by atoms with Crippen molar-refractivity contribution in [1.29, 1.82) is 0 Å². The summed E-state index contributed by atoms with van der Waals surface area (Å²) in [6, 6.07) is 12.9. The third kappa shape index (κ3) is 5.27. The summed E-state index contributed by atoms with van der Waals surface area (Å²) in [5.41, 5.74) is 0.811. The Balaban J connectivity index is 1.73. The minimum atomic E-state index is -3.81. The van der Waals surface area contributed by atoms with Crippen LogP contribution in [0.2, 0.25) is 0 Å². The van der Waals surface area contributed by atoms with Crippen LogP contribution in [0.1, 0.15) is 24.2 Å². The highest BCUT2D eigenvalue weighted by Crippen LogP contribution is 2.21. The average Bonchev–Trinajstić information content (AvgIpc) is 2.75. The number of nitrogens with zero attached hydrogens (tertiary/aromatic N) is 2. The molecule has 3 rings (SSSR count). The molecule has 8 heteroatoms. The van der Waals surface area contributed by atoms with Crippen molar-refractivity contribution >= 4 is 21.6 Å². The number of hydrogen-bond donors (Lipinski definition) is 1. The molecule has 1 fully saturated rings. The first kappa shape index (κ1) is 21.1. The zero-order valence-electron chi connectivity index (χ0n) is 16.8. The minimum absolute atomic E-state index is 0.0597. The molecule has 1 saturated heterocycles. The Kier molecular flexibility index (Phi) is 6.76. The second kappa shape index (κ2) is 9.28. The van der Waals surface area contributed by atoms with Crippen molar-refractivity contribution in [3.05, 3.63) is 54.1 Å². The van der Waals surface area contributed by atoms with Crippen molar-refractivity contribution in [3.63, 3.8) is 0 Å². The fourth-order valence-electron chi connectivity index (χ4n) is 3.25. The van der Waals surface area contributed by atoms with Gasteiger partial charge in [0.2, 0.25) is 0 Å². The maximum absolute atomic E-state index is 12.8. The molecule has 0 unspecified atom stereocenters. The van der Waals surface area contributed by atoms with Crippen LogP contribution in [0.25, 0.3) is 0 Å². The van der Waals surface area contributed by atoms with Crippen LogP contribution in [0.4, 0.5) is 5.69 Å². The highest BCUT2D eigenvalue weighted by atomic mass is 32.2. The molecule has 1 aliphatic rings. The second-order valence-corrected chi connectivity index (χ2v) is 8.50. The van der Waals surface area contributed by atoms with E-state index in [-0.39, 0.29) is 10.8 Å². The molecule has 0 spiro atoms. The van der Waals surface area contributed by atoms with E-state index < -0.39 is 10.0 Å². The number of anilines is 1. The monoisotopic (exact) mass is 417 g/mol. The molecule has 156 valence electrons. The quantitative estimate of drug-likeness (QED) is 0.749. The maximum Gasteiger partial charge on any atom is 0.261 e. The van der Waals surface area contributed by atoms with Crippen LogP contribution >= 0.6 is 0 Å². The number of hydrogen-bond acceptors (Lipinski definition) is 5. The molecule has 0 radical (unpaired) electrons. The summed E-state index contributed by atoms with van der Waals surface area (Å²) < 4.78 is 33.5. The van der Waals surface area contributed by atoms with Crippen molar-refractivity contribution in [2.24, 2.45) is 0 Å². The van der Waals surface area contributed by atoms with Gasteiger partial charge in [0.15, 0.2) is 0 Å². The van der Waals surface area contributed by atoms with Gasteiger partial charge in [-0.05, 0) is 55.9 Å². The van der Waals surface area contributed by atoms with Gasteiger partial charge in [-0.3, -0.25) is 9.52 Å².